The Morgan fingerprint density at radius 3 is 2.92 bits per heavy atom. The normalized spacial score (nSPS) is 21.8. The Labute approximate surface area is 146 Å². The highest BCUT2D eigenvalue weighted by molar-refractivity contribution is 7.11. The molecule has 3 rings (SSSR count). The molecule has 2 atom stereocenters. The van der Waals surface area contributed by atoms with Gasteiger partial charge < -0.3 is 10.3 Å². The quantitative estimate of drug-likeness (QED) is 0.871. The van der Waals surface area contributed by atoms with Crippen LogP contribution in [0.2, 0.25) is 0 Å². The third-order valence-corrected chi connectivity index (χ3v) is 5.46. The summed E-state index contributed by atoms with van der Waals surface area (Å²) in [5, 5.41) is 4.28. The molecule has 6 nitrogen and oxygen atoms in total. The van der Waals surface area contributed by atoms with E-state index in [-0.39, 0.29) is 11.9 Å². The average molecular weight is 347 g/mol. The molecular formula is C17H25N5OS. The monoisotopic (exact) mass is 347 g/mol. The van der Waals surface area contributed by atoms with Crippen molar-refractivity contribution in [3.63, 3.8) is 0 Å². The molecule has 2 aromatic heterocycles. The number of imidazole rings is 1. The number of hydrogen-bond donors (Lipinski definition) is 2. The summed E-state index contributed by atoms with van der Waals surface area (Å²) in [5.41, 5.74) is 0.557. The van der Waals surface area contributed by atoms with Gasteiger partial charge in [0.05, 0.1) is 11.2 Å². The molecule has 0 bridgehead atoms. The molecule has 24 heavy (non-hydrogen) atoms. The van der Waals surface area contributed by atoms with Crippen molar-refractivity contribution >= 4 is 17.2 Å². The summed E-state index contributed by atoms with van der Waals surface area (Å²) in [5.74, 6) is 1.22. The van der Waals surface area contributed by atoms with Crippen LogP contribution < -0.4 is 5.32 Å². The largest absolute Gasteiger partial charge is 0.348 e. The summed E-state index contributed by atoms with van der Waals surface area (Å²) < 4.78 is 0. The molecule has 1 fully saturated rings. The molecule has 1 saturated heterocycles. The van der Waals surface area contributed by atoms with Gasteiger partial charge in [0.25, 0.3) is 5.91 Å². The van der Waals surface area contributed by atoms with E-state index in [4.69, 9.17) is 0 Å². The number of piperidine rings is 1. The Bertz CT molecular complexity index is 695. The van der Waals surface area contributed by atoms with E-state index in [9.17, 15) is 4.79 Å². The smallest absolute Gasteiger partial charge is 0.269 e. The summed E-state index contributed by atoms with van der Waals surface area (Å²) in [4.78, 5) is 27.7. The van der Waals surface area contributed by atoms with Crippen LogP contribution in [0.15, 0.2) is 12.4 Å². The third kappa shape index (κ3) is 4.02. The van der Waals surface area contributed by atoms with Gasteiger partial charge in [0.15, 0.2) is 0 Å². The second kappa shape index (κ2) is 7.44. The lowest BCUT2D eigenvalue weighted by Crippen LogP contribution is -2.49. The first kappa shape index (κ1) is 17.1. The lowest BCUT2D eigenvalue weighted by Gasteiger charge is -2.37. The summed E-state index contributed by atoms with van der Waals surface area (Å²) in [6, 6.07) is 0.213. The van der Waals surface area contributed by atoms with Gasteiger partial charge in [-0.2, -0.15) is 0 Å². The van der Waals surface area contributed by atoms with Gasteiger partial charge in [0, 0.05) is 43.2 Å². The van der Waals surface area contributed by atoms with Crippen LogP contribution in [0.4, 0.5) is 0 Å². The first-order chi connectivity index (χ1) is 11.5. The van der Waals surface area contributed by atoms with Gasteiger partial charge in [0.1, 0.15) is 11.5 Å². The molecule has 0 radical (unpaired) electrons. The molecule has 3 heterocycles. The average Bonchev–Trinajstić information content (AvgIpc) is 3.19. The Morgan fingerprint density at radius 2 is 2.29 bits per heavy atom. The highest BCUT2D eigenvalue weighted by Gasteiger charge is 2.28. The molecule has 1 aliphatic rings. The van der Waals surface area contributed by atoms with Gasteiger partial charge in [-0.25, -0.2) is 9.97 Å². The van der Waals surface area contributed by atoms with E-state index in [1.807, 2.05) is 20.0 Å². The minimum atomic E-state index is -0.0504. The summed E-state index contributed by atoms with van der Waals surface area (Å²) in [6.45, 7) is 9.21. The first-order valence-electron chi connectivity index (χ1n) is 8.53. The molecule has 7 heteroatoms. The van der Waals surface area contributed by atoms with E-state index < -0.39 is 0 Å². The number of H-pyrrole nitrogens is 1. The van der Waals surface area contributed by atoms with E-state index >= 15 is 0 Å². The van der Waals surface area contributed by atoms with Crippen molar-refractivity contribution in [1.29, 1.82) is 0 Å². The lowest BCUT2D eigenvalue weighted by atomic mass is 9.93. The maximum Gasteiger partial charge on any atom is 0.269 e. The van der Waals surface area contributed by atoms with Gasteiger partial charge in [-0.15, -0.1) is 11.3 Å². The standard InChI is InChI=1S/C17H25N5OS/c1-4-16-19-8-15(20-16)17(23)21-14-5-6-22(9-11(14)2)10-13-7-18-12(3)24-13/h7-8,11,14H,4-6,9-10H2,1-3H3,(H,19,20)(H,21,23)/t11-,14-/m0/s1. The fourth-order valence-corrected chi connectivity index (χ4v) is 4.03. The number of likely N-dealkylation sites (tertiary alicyclic amines) is 1. The molecule has 0 aromatic carbocycles. The molecule has 0 saturated carbocycles. The van der Waals surface area contributed by atoms with E-state index in [0.29, 0.717) is 11.6 Å². The number of rotatable bonds is 5. The minimum absolute atomic E-state index is 0.0504. The van der Waals surface area contributed by atoms with Crippen molar-refractivity contribution < 1.29 is 4.79 Å². The molecule has 2 aromatic rings. The number of amides is 1. The molecule has 1 aliphatic heterocycles. The number of hydrogen-bond acceptors (Lipinski definition) is 5. The van der Waals surface area contributed by atoms with Crippen molar-refractivity contribution in [3.8, 4) is 0 Å². The van der Waals surface area contributed by atoms with Gasteiger partial charge >= 0.3 is 0 Å². The van der Waals surface area contributed by atoms with Crippen LogP contribution in [-0.4, -0.2) is 44.9 Å². The second-order valence-corrected chi connectivity index (χ2v) is 7.84. The van der Waals surface area contributed by atoms with Gasteiger partial charge in [0.2, 0.25) is 0 Å². The summed E-state index contributed by atoms with van der Waals surface area (Å²) in [7, 11) is 0. The van der Waals surface area contributed by atoms with Crippen LogP contribution in [-0.2, 0) is 13.0 Å². The number of nitrogens with one attached hydrogen (secondary N) is 2. The second-order valence-electron chi connectivity index (χ2n) is 6.52. The predicted molar refractivity (Wildman–Crippen MR) is 95.1 cm³/mol. The van der Waals surface area contributed by atoms with Crippen LogP contribution in [0.5, 0.6) is 0 Å². The van der Waals surface area contributed by atoms with E-state index in [1.165, 1.54) is 4.88 Å². The first-order valence-corrected chi connectivity index (χ1v) is 9.35. The van der Waals surface area contributed by atoms with Crippen LogP contribution in [0.25, 0.3) is 0 Å². The minimum Gasteiger partial charge on any atom is -0.348 e. The molecule has 130 valence electrons. The summed E-state index contributed by atoms with van der Waals surface area (Å²) >= 11 is 1.76. The van der Waals surface area contributed by atoms with Gasteiger partial charge in [-0.3, -0.25) is 9.69 Å². The summed E-state index contributed by atoms with van der Waals surface area (Å²) in [6.07, 6.45) is 5.38. The molecule has 1 amide bonds. The van der Waals surface area contributed by atoms with Crippen LogP contribution >= 0.6 is 11.3 Å². The number of carbonyl (C=O) groups is 1. The number of aromatic nitrogens is 3. The zero-order valence-electron chi connectivity index (χ0n) is 14.5. The van der Waals surface area contributed by atoms with Crippen LogP contribution in [0, 0.1) is 12.8 Å². The van der Waals surface area contributed by atoms with E-state index in [0.717, 1.165) is 43.3 Å². The zero-order chi connectivity index (χ0) is 17.1. The number of aromatic amines is 1. The molecular weight excluding hydrogens is 322 g/mol. The van der Waals surface area contributed by atoms with Gasteiger partial charge in [-0.05, 0) is 19.3 Å². The van der Waals surface area contributed by atoms with Crippen LogP contribution in [0.3, 0.4) is 0 Å². The number of aryl methyl sites for hydroxylation is 2. The molecule has 0 unspecified atom stereocenters. The number of thiazole rings is 1. The van der Waals surface area contributed by atoms with Gasteiger partial charge in [-0.1, -0.05) is 13.8 Å². The third-order valence-electron chi connectivity index (χ3n) is 4.56. The fourth-order valence-electron chi connectivity index (χ4n) is 3.19. The maximum atomic E-state index is 12.4. The Balaban J connectivity index is 1.52. The molecule has 2 N–H and O–H groups in total. The topological polar surface area (TPSA) is 73.9 Å². The SMILES string of the molecule is CCc1ncc(C(=O)N[C@H]2CCN(Cc3cnc(C)s3)C[C@@H]2C)[nH]1. The lowest BCUT2D eigenvalue weighted by molar-refractivity contribution is 0.0857. The van der Waals surface area contributed by atoms with Crippen molar-refractivity contribution in [2.75, 3.05) is 13.1 Å². The number of nitrogens with zero attached hydrogens (tertiary/aromatic N) is 3. The Hall–Kier alpha value is -1.73. The van der Waals surface area contributed by atoms with Crippen molar-refractivity contribution in [3.05, 3.63) is 33.8 Å². The Kier molecular flexibility index (Phi) is 5.30. The zero-order valence-corrected chi connectivity index (χ0v) is 15.3. The fraction of sp³-hybridized carbons (Fsp3) is 0.588. The van der Waals surface area contributed by atoms with Crippen molar-refractivity contribution in [2.24, 2.45) is 5.92 Å². The Morgan fingerprint density at radius 1 is 1.46 bits per heavy atom. The highest BCUT2D eigenvalue weighted by Crippen LogP contribution is 2.21. The maximum absolute atomic E-state index is 12.4. The predicted octanol–water partition coefficient (Wildman–Crippen LogP) is 2.38. The van der Waals surface area contributed by atoms with E-state index in [1.54, 1.807) is 17.5 Å². The van der Waals surface area contributed by atoms with Crippen molar-refractivity contribution in [2.45, 2.75) is 46.2 Å². The highest BCUT2D eigenvalue weighted by atomic mass is 32.1. The van der Waals surface area contributed by atoms with E-state index in [2.05, 4.69) is 32.1 Å². The molecule has 0 spiro atoms. The van der Waals surface area contributed by atoms with Crippen molar-refractivity contribution in [1.82, 2.24) is 25.2 Å². The van der Waals surface area contributed by atoms with Crippen LogP contribution in [0.1, 0.15) is 46.5 Å². The number of carbonyl (C=O) groups excluding carboxylic acids is 1. The molecule has 0 aliphatic carbocycles.